The molecule has 0 saturated heterocycles. The maximum absolute atomic E-state index is 13.1. The van der Waals surface area contributed by atoms with Crippen molar-refractivity contribution in [2.75, 3.05) is 7.05 Å². The molecule has 112 valence electrons. The van der Waals surface area contributed by atoms with E-state index in [0.717, 1.165) is 0 Å². The van der Waals surface area contributed by atoms with Crippen LogP contribution in [0.1, 0.15) is 15.9 Å². The predicted molar refractivity (Wildman–Crippen MR) is 81.4 cm³/mol. The average molecular weight is 299 g/mol. The highest BCUT2D eigenvalue weighted by molar-refractivity contribution is 6.11. The molecule has 1 heterocycles. The normalized spacial score (nSPS) is 10.9. The van der Waals surface area contributed by atoms with Crippen molar-refractivity contribution in [2.24, 2.45) is 0 Å². The van der Waals surface area contributed by atoms with Gasteiger partial charge in [-0.2, -0.15) is 0 Å². The molecule has 1 aromatic heterocycles. The number of hydrogen-bond acceptors (Lipinski definition) is 3. The van der Waals surface area contributed by atoms with Gasteiger partial charge in [-0.1, -0.05) is 0 Å². The van der Waals surface area contributed by atoms with Crippen LogP contribution in [0.3, 0.4) is 0 Å². The lowest BCUT2D eigenvalue weighted by Crippen LogP contribution is -2.18. The molecular formula is C17H14FNO3. The van der Waals surface area contributed by atoms with Gasteiger partial charge in [0.15, 0.2) is 0 Å². The van der Waals surface area contributed by atoms with Crippen molar-refractivity contribution >= 4 is 16.9 Å². The Morgan fingerprint density at radius 2 is 1.91 bits per heavy atom. The number of phenols is 1. The third-order valence-corrected chi connectivity index (χ3v) is 3.57. The maximum Gasteiger partial charge on any atom is 0.255 e. The van der Waals surface area contributed by atoms with E-state index >= 15 is 0 Å². The first kappa shape index (κ1) is 14.1. The molecule has 2 aromatic carbocycles. The molecule has 2 N–H and O–H groups in total. The van der Waals surface area contributed by atoms with E-state index in [1.165, 1.54) is 25.2 Å². The number of hydrogen-bond donors (Lipinski definition) is 2. The van der Waals surface area contributed by atoms with E-state index in [0.29, 0.717) is 33.4 Å². The van der Waals surface area contributed by atoms with Crippen LogP contribution in [0.25, 0.3) is 22.3 Å². The Morgan fingerprint density at radius 1 is 1.23 bits per heavy atom. The number of nitrogens with one attached hydrogen (secondary N) is 1. The van der Waals surface area contributed by atoms with Gasteiger partial charge in [-0.15, -0.1) is 0 Å². The summed E-state index contributed by atoms with van der Waals surface area (Å²) in [5.74, 6) is -0.264. The smallest absolute Gasteiger partial charge is 0.255 e. The van der Waals surface area contributed by atoms with E-state index in [4.69, 9.17) is 4.42 Å². The van der Waals surface area contributed by atoms with Gasteiger partial charge in [0, 0.05) is 18.0 Å². The maximum atomic E-state index is 13.1. The lowest BCUT2D eigenvalue weighted by molar-refractivity contribution is 0.0964. The summed E-state index contributed by atoms with van der Waals surface area (Å²) in [5, 5.41) is 13.0. The SMILES string of the molecule is CNC(=O)c1c(-c2ccc(F)cc2)oc2cc(C)c(O)cc12. The molecule has 0 aliphatic carbocycles. The van der Waals surface area contributed by atoms with Crippen molar-refractivity contribution in [1.82, 2.24) is 5.32 Å². The molecule has 0 aliphatic heterocycles. The molecule has 5 heteroatoms. The fourth-order valence-corrected chi connectivity index (χ4v) is 2.39. The van der Waals surface area contributed by atoms with Crippen molar-refractivity contribution in [3.05, 3.63) is 53.3 Å². The molecule has 0 radical (unpaired) electrons. The summed E-state index contributed by atoms with van der Waals surface area (Å²) in [6.07, 6.45) is 0. The largest absolute Gasteiger partial charge is 0.508 e. The van der Waals surface area contributed by atoms with E-state index < -0.39 is 0 Å². The summed E-state index contributed by atoms with van der Waals surface area (Å²) >= 11 is 0. The van der Waals surface area contributed by atoms with Crippen molar-refractivity contribution in [1.29, 1.82) is 0 Å². The molecule has 1 amide bonds. The van der Waals surface area contributed by atoms with Gasteiger partial charge < -0.3 is 14.8 Å². The predicted octanol–water partition coefficient (Wildman–Crippen LogP) is 3.61. The number of phenolic OH excluding ortho intramolecular Hbond substituents is 1. The highest BCUT2D eigenvalue weighted by Gasteiger charge is 2.22. The Morgan fingerprint density at radius 3 is 2.55 bits per heavy atom. The van der Waals surface area contributed by atoms with Crippen LogP contribution in [0.5, 0.6) is 5.75 Å². The fraction of sp³-hybridized carbons (Fsp3) is 0.118. The Hall–Kier alpha value is -2.82. The molecule has 0 unspecified atom stereocenters. The molecule has 0 bridgehead atoms. The van der Waals surface area contributed by atoms with E-state index in [9.17, 15) is 14.3 Å². The van der Waals surface area contributed by atoms with Crippen LogP contribution in [0.15, 0.2) is 40.8 Å². The summed E-state index contributed by atoms with van der Waals surface area (Å²) in [6.45, 7) is 1.74. The van der Waals surface area contributed by atoms with Crippen molar-refractivity contribution in [3.63, 3.8) is 0 Å². The monoisotopic (exact) mass is 299 g/mol. The Kier molecular flexibility index (Phi) is 3.33. The van der Waals surface area contributed by atoms with Gasteiger partial charge in [0.1, 0.15) is 22.9 Å². The van der Waals surface area contributed by atoms with Crippen molar-refractivity contribution in [2.45, 2.75) is 6.92 Å². The molecule has 0 spiro atoms. The van der Waals surface area contributed by atoms with Crippen LogP contribution in [0.2, 0.25) is 0 Å². The fourth-order valence-electron chi connectivity index (χ4n) is 2.39. The summed E-state index contributed by atoms with van der Waals surface area (Å²) < 4.78 is 18.9. The standard InChI is InChI=1S/C17H14FNO3/c1-9-7-14-12(8-13(9)20)15(17(21)19-2)16(22-14)10-3-5-11(18)6-4-10/h3-8,20H,1-2H3,(H,19,21). The summed E-state index contributed by atoms with van der Waals surface area (Å²) in [4.78, 5) is 12.2. The second-order valence-electron chi connectivity index (χ2n) is 5.03. The average Bonchev–Trinajstić information content (AvgIpc) is 2.86. The van der Waals surface area contributed by atoms with Crippen LogP contribution in [-0.4, -0.2) is 18.1 Å². The number of benzene rings is 2. The van der Waals surface area contributed by atoms with Gasteiger partial charge >= 0.3 is 0 Å². The van der Waals surface area contributed by atoms with E-state index in [1.54, 1.807) is 25.1 Å². The number of fused-ring (bicyclic) bond motifs is 1. The zero-order valence-electron chi connectivity index (χ0n) is 12.1. The number of carbonyl (C=O) groups is 1. The lowest BCUT2D eigenvalue weighted by atomic mass is 10.0. The molecule has 3 aromatic rings. The molecule has 3 rings (SSSR count). The molecule has 0 atom stereocenters. The molecular weight excluding hydrogens is 285 g/mol. The van der Waals surface area contributed by atoms with Gasteiger partial charge in [0.25, 0.3) is 5.91 Å². The first-order chi connectivity index (χ1) is 10.5. The molecule has 4 nitrogen and oxygen atoms in total. The second kappa shape index (κ2) is 5.18. The highest BCUT2D eigenvalue weighted by Crippen LogP contribution is 2.36. The highest BCUT2D eigenvalue weighted by atomic mass is 19.1. The number of carbonyl (C=O) groups excluding carboxylic acids is 1. The van der Waals surface area contributed by atoms with Crippen LogP contribution in [0, 0.1) is 12.7 Å². The van der Waals surface area contributed by atoms with E-state index in [1.807, 2.05) is 0 Å². The molecule has 0 fully saturated rings. The van der Waals surface area contributed by atoms with Crippen LogP contribution in [0.4, 0.5) is 4.39 Å². The van der Waals surface area contributed by atoms with Crippen molar-refractivity contribution in [3.8, 4) is 17.1 Å². The number of rotatable bonds is 2. The number of aromatic hydroxyl groups is 1. The summed E-state index contributed by atoms with van der Waals surface area (Å²) in [5.41, 5.74) is 2.05. The van der Waals surface area contributed by atoms with Gasteiger partial charge in [-0.3, -0.25) is 4.79 Å². The van der Waals surface area contributed by atoms with E-state index in [2.05, 4.69) is 5.32 Å². The summed E-state index contributed by atoms with van der Waals surface area (Å²) in [7, 11) is 1.52. The topological polar surface area (TPSA) is 62.5 Å². The minimum absolute atomic E-state index is 0.0871. The quantitative estimate of drug-likeness (QED) is 0.760. The zero-order valence-corrected chi connectivity index (χ0v) is 12.1. The van der Waals surface area contributed by atoms with Crippen LogP contribution in [-0.2, 0) is 0 Å². The van der Waals surface area contributed by atoms with Gasteiger partial charge in [0.2, 0.25) is 0 Å². The van der Waals surface area contributed by atoms with Gasteiger partial charge in [-0.05, 0) is 48.9 Å². The lowest BCUT2D eigenvalue weighted by Gasteiger charge is -2.02. The van der Waals surface area contributed by atoms with Crippen LogP contribution < -0.4 is 5.32 Å². The Labute approximate surface area is 126 Å². The van der Waals surface area contributed by atoms with Crippen molar-refractivity contribution < 1.29 is 18.7 Å². The number of halogens is 1. The Bertz CT molecular complexity index is 866. The zero-order chi connectivity index (χ0) is 15.9. The minimum Gasteiger partial charge on any atom is -0.508 e. The summed E-state index contributed by atoms with van der Waals surface area (Å²) in [6, 6.07) is 8.88. The molecule has 0 saturated carbocycles. The number of amides is 1. The third kappa shape index (κ3) is 2.20. The van der Waals surface area contributed by atoms with Gasteiger partial charge in [0.05, 0.1) is 5.56 Å². The first-order valence-electron chi connectivity index (χ1n) is 6.75. The number of aryl methyl sites for hydroxylation is 1. The number of furan rings is 1. The first-order valence-corrected chi connectivity index (χ1v) is 6.75. The molecule has 22 heavy (non-hydrogen) atoms. The van der Waals surface area contributed by atoms with Crippen LogP contribution >= 0.6 is 0 Å². The second-order valence-corrected chi connectivity index (χ2v) is 5.03. The van der Waals surface area contributed by atoms with Gasteiger partial charge in [-0.25, -0.2) is 4.39 Å². The minimum atomic E-state index is -0.366. The third-order valence-electron chi connectivity index (χ3n) is 3.57. The van der Waals surface area contributed by atoms with E-state index in [-0.39, 0.29) is 17.5 Å². The molecule has 0 aliphatic rings. The Balaban J connectivity index is 2.33.